The Balaban J connectivity index is 1.55. The zero-order chi connectivity index (χ0) is 20.5. The fourth-order valence-corrected chi connectivity index (χ4v) is 4.61. The van der Waals surface area contributed by atoms with E-state index in [0.29, 0.717) is 48.2 Å². The van der Waals surface area contributed by atoms with Gasteiger partial charge in [-0.05, 0) is 43.7 Å². The van der Waals surface area contributed by atoms with Crippen LogP contribution in [0.3, 0.4) is 0 Å². The van der Waals surface area contributed by atoms with Gasteiger partial charge in [0.2, 0.25) is 0 Å². The molecule has 0 aliphatic carbocycles. The monoisotopic (exact) mass is 393 g/mol. The highest BCUT2D eigenvalue weighted by Gasteiger charge is 2.42. The summed E-state index contributed by atoms with van der Waals surface area (Å²) in [5.74, 6) is 0.274. The third-order valence-electron chi connectivity index (χ3n) is 6.30. The van der Waals surface area contributed by atoms with Crippen molar-refractivity contribution in [1.82, 2.24) is 19.8 Å². The Kier molecular flexibility index (Phi) is 5.22. The molecule has 4 rings (SSSR count). The maximum absolute atomic E-state index is 13.2. The van der Waals surface area contributed by atoms with Crippen LogP contribution < -0.4 is 5.73 Å². The van der Waals surface area contributed by atoms with Crippen molar-refractivity contribution in [2.45, 2.75) is 39.2 Å². The van der Waals surface area contributed by atoms with E-state index in [4.69, 9.17) is 5.73 Å². The van der Waals surface area contributed by atoms with Crippen LogP contribution in [0.4, 0.5) is 5.69 Å². The molecular formula is C22H27N5O2. The smallest absolute Gasteiger partial charge is 0.274 e. The summed E-state index contributed by atoms with van der Waals surface area (Å²) in [6.07, 6.45) is 5.79. The van der Waals surface area contributed by atoms with Gasteiger partial charge in [-0.1, -0.05) is 19.1 Å². The third kappa shape index (κ3) is 3.45. The number of aromatic nitrogens is 2. The van der Waals surface area contributed by atoms with Gasteiger partial charge in [-0.25, -0.2) is 4.98 Å². The van der Waals surface area contributed by atoms with Crippen molar-refractivity contribution in [2.75, 3.05) is 25.4 Å². The van der Waals surface area contributed by atoms with Gasteiger partial charge in [0.1, 0.15) is 5.69 Å². The fraction of sp³-hybridized carbons (Fsp3) is 0.455. The van der Waals surface area contributed by atoms with Gasteiger partial charge in [0, 0.05) is 37.7 Å². The van der Waals surface area contributed by atoms with Crippen LogP contribution in [0, 0.1) is 12.8 Å². The molecule has 29 heavy (non-hydrogen) atoms. The molecule has 3 heterocycles. The fourth-order valence-electron chi connectivity index (χ4n) is 4.61. The molecule has 2 aromatic rings. The summed E-state index contributed by atoms with van der Waals surface area (Å²) in [5, 5.41) is 0. The van der Waals surface area contributed by atoms with Crippen molar-refractivity contribution in [3.63, 3.8) is 0 Å². The Morgan fingerprint density at radius 2 is 1.90 bits per heavy atom. The van der Waals surface area contributed by atoms with Crippen molar-refractivity contribution >= 4 is 17.5 Å². The van der Waals surface area contributed by atoms with Crippen LogP contribution in [-0.4, -0.2) is 57.3 Å². The molecule has 1 aromatic carbocycles. The van der Waals surface area contributed by atoms with Gasteiger partial charge in [0.05, 0.1) is 17.3 Å². The summed E-state index contributed by atoms with van der Waals surface area (Å²) >= 11 is 0. The van der Waals surface area contributed by atoms with E-state index in [1.165, 1.54) is 0 Å². The number of fused-ring (bicyclic) bond motifs is 1. The molecule has 2 unspecified atom stereocenters. The van der Waals surface area contributed by atoms with Crippen LogP contribution in [0.2, 0.25) is 0 Å². The van der Waals surface area contributed by atoms with E-state index in [1.807, 2.05) is 28.9 Å². The van der Waals surface area contributed by atoms with Gasteiger partial charge < -0.3 is 15.5 Å². The van der Waals surface area contributed by atoms with Crippen LogP contribution in [0.15, 0.2) is 30.6 Å². The van der Waals surface area contributed by atoms with Crippen molar-refractivity contribution in [3.8, 4) is 0 Å². The van der Waals surface area contributed by atoms with Crippen molar-refractivity contribution in [3.05, 3.63) is 53.1 Å². The van der Waals surface area contributed by atoms with Gasteiger partial charge >= 0.3 is 0 Å². The van der Waals surface area contributed by atoms with Gasteiger partial charge in [-0.3, -0.25) is 14.6 Å². The summed E-state index contributed by atoms with van der Waals surface area (Å²) in [7, 11) is 0. The summed E-state index contributed by atoms with van der Waals surface area (Å²) < 4.78 is 0. The lowest BCUT2D eigenvalue weighted by Crippen LogP contribution is -2.51. The zero-order valence-corrected chi connectivity index (χ0v) is 17.0. The predicted octanol–water partition coefficient (Wildman–Crippen LogP) is 2.31. The lowest BCUT2D eigenvalue weighted by Gasteiger charge is -2.38. The molecule has 2 amide bonds. The third-order valence-corrected chi connectivity index (χ3v) is 6.30. The normalized spacial score (nSPS) is 21.2. The summed E-state index contributed by atoms with van der Waals surface area (Å²) in [5.41, 5.74) is 9.39. The minimum atomic E-state index is -0.0927. The second-order valence-electron chi connectivity index (χ2n) is 7.88. The number of benzene rings is 1. The average Bonchev–Trinajstić information content (AvgIpc) is 3.16. The van der Waals surface area contributed by atoms with Crippen LogP contribution in [0.1, 0.15) is 51.9 Å². The first-order chi connectivity index (χ1) is 14.0. The molecule has 0 spiro atoms. The molecule has 2 fully saturated rings. The van der Waals surface area contributed by atoms with E-state index >= 15 is 0 Å². The van der Waals surface area contributed by atoms with E-state index in [9.17, 15) is 9.59 Å². The number of hydrogen-bond donors (Lipinski definition) is 1. The number of rotatable bonds is 3. The number of carbonyl (C=O) groups is 2. The Labute approximate surface area is 170 Å². The molecule has 2 aliphatic heterocycles. The van der Waals surface area contributed by atoms with Crippen LogP contribution in [0.5, 0.6) is 0 Å². The zero-order valence-electron chi connectivity index (χ0n) is 17.0. The topological polar surface area (TPSA) is 92.4 Å². The number of aryl methyl sites for hydroxylation is 2. The largest absolute Gasteiger partial charge is 0.398 e. The van der Waals surface area contributed by atoms with Crippen molar-refractivity contribution in [1.29, 1.82) is 0 Å². The number of carbonyl (C=O) groups excluding carboxylic acids is 2. The van der Waals surface area contributed by atoms with E-state index in [2.05, 4.69) is 9.97 Å². The SMILES string of the molecule is CCc1cccc(C(=O)N2CCC3CCN(C(=O)c4nccnc4C)C3C2)c1N. The Morgan fingerprint density at radius 3 is 2.66 bits per heavy atom. The lowest BCUT2D eigenvalue weighted by atomic mass is 9.91. The first kappa shape index (κ1) is 19.4. The molecule has 0 bridgehead atoms. The number of amides is 2. The average molecular weight is 393 g/mol. The highest BCUT2D eigenvalue weighted by atomic mass is 16.2. The van der Waals surface area contributed by atoms with Crippen molar-refractivity contribution in [2.24, 2.45) is 5.92 Å². The lowest BCUT2D eigenvalue weighted by molar-refractivity contribution is 0.0496. The number of piperidine rings is 1. The number of anilines is 1. The predicted molar refractivity (Wildman–Crippen MR) is 110 cm³/mol. The summed E-state index contributed by atoms with van der Waals surface area (Å²) in [6.45, 7) is 5.75. The second-order valence-corrected chi connectivity index (χ2v) is 7.88. The van der Waals surface area contributed by atoms with E-state index in [0.717, 1.165) is 24.8 Å². The number of nitrogen functional groups attached to an aromatic ring is 1. The molecule has 2 atom stereocenters. The summed E-state index contributed by atoms with van der Waals surface area (Å²) in [4.78, 5) is 38.5. The van der Waals surface area contributed by atoms with Gasteiger partial charge in [-0.15, -0.1) is 0 Å². The van der Waals surface area contributed by atoms with Crippen LogP contribution >= 0.6 is 0 Å². The first-order valence-electron chi connectivity index (χ1n) is 10.3. The Hall–Kier alpha value is -2.96. The molecule has 0 saturated carbocycles. The van der Waals surface area contributed by atoms with Crippen LogP contribution in [0.25, 0.3) is 0 Å². The molecule has 2 aliphatic rings. The highest BCUT2D eigenvalue weighted by Crippen LogP contribution is 2.33. The maximum atomic E-state index is 13.2. The van der Waals surface area contributed by atoms with Gasteiger partial charge in [0.25, 0.3) is 11.8 Å². The first-order valence-corrected chi connectivity index (χ1v) is 10.3. The van der Waals surface area contributed by atoms with Crippen molar-refractivity contribution < 1.29 is 9.59 Å². The maximum Gasteiger partial charge on any atom is 0.274 e. The molecule has 1 aromatic heterocycles. The summed E-state index contributed by atoms with van der Waals surface area (Å²) in [6, 6.07) is 5.65. The molecule has 7 heteroatoms. The quantitative estimate of drug-likeness (QED) is 0.808. The minimum Gasteiger partial charge on any atom is -0.398 e. The number of para-hydroxylation sites is 1. The molecule has 7 nitrogen and oxygen atoms in total. The van der Waals surface area contributed by atoms with E-state index in [-0.39, 0.29) is 17.9 Å². The molecular weight excluding hydrogens is 366 g/mol. The standard InChI is InChI=1S/C22H27N5O2/c1-3-15-5-4-6-17(19(15)23)21(28)26-11-7-16-8-12-27(18(16)13-26)22(29)20-14(2)24-9-10-25-20/h4-6,9-10,16,18H,3,7-8,11-13,23H2,1-2H3. The molecule has 152 valence electrons. The number of nitrogens with zero attached hydrogens (tertiary/aromatic N) is 4. The molecule has 2 N–H and O–H groups in total. The molecule has 0 radical (unpaired) electrons. The van der Waals surface area contributed by atoms with E-state index in [1.54, 1.807) is 25.4 Å². The Bertz CT molecular complexity index is 945. The number of hydrogen-bond acceptors (Lipinski definition) is 5. The number of nitrogens with two attached hydrogens (primary N) is 1. The second kappa shape index (κ2) is 7.81. The van der Waals surface area contributed by atoms with Gasteiger partial charge in [-0.2, -0.15) is 0 Å². The van der Waals surface area contributed by atoms with Crippen LogP contribution in [-0.2, 0) is 6.42 Å². The highest BCUT2D eigenvalue weighted by molar-refractivity contribution is 6.00. The minimum absolute atomic E-state index is 0.0113. The number of likely N-dealkylation sites (tertiary alicyclic amines) is 2. The Morgan fingerprint density at radius 1 is 1.14 bits per heavy atom. The molecule has 2 saturated heterocycles. The van der Waals surface area contributed by atoms with Gasteiger partial charge in [0.15, 0.2) is 0 Å². The van der Waals surface area contributed by atoms with E-state index < -0.39 is 0 Å².